The lowest BCUT2D eigenvalue weighted by molar-refractivity contribution is 0.239. The summed E-state index contributed by atoms with van der Waals surface area (Å²) < 4.78 is 0. The number of likely N-dealkylation sites (tertiary alicyclic amines) is 1. The van der Waals surface area contributed by atoms with E-state index in [1.54, 1.807) is 0 Å². The first-order chi connectivity index (χ1) is 6.77. The molecule has 2 atom stereocenters. The Hall–Kier alpha value is -0.820. The standard InChI is InChI=1S/C13H19N/c1-11-8-9-14(12(11)2)10-13-6-4-3-5-7-13/h3-7,11-12H,8-10H2,1-2H3/t11-,12-/m1/s1. The molecule has 1 heteroatoms. The molecule has 0 unspecified atom stereocenters. The highest BCUT2D eigenvalue weighted by Crippen LogP contribution is 2.24. The predicted molar refractivity (Wildman–Crippen MR) is 60.1 cm³/mol. The lowest BCUT2D eigenvalue weighted by atomic mass is 10.1. The molecule has 1 aromatic carbocycles. The summed E-state index contributed by atoms with van der Waals surface area (Å²) in [5.74, 6) is 0.860. The Balaban J connectivity index is 1.99. The highest BCUT2D eigenvalue weighted by molar-refractivity contribution is 5.14. The summed E-state index contributed by atoms with van der Waals surface area (Å²) in [7, 11) is 0. The molecule has 0 radical (unpaired) electrons. The van der Waals surface area contributed by atoms with Gasteiger partial charge in [0.25, 0.3) is 0 Å². The van der Waals surface area contributed by atoms with Gasteiger partial charge in [-0.15, -0.1) is 0 Å². The summed E-state index contributed by atoms with van der Waals surface area (Å²) >= 11 is 0. The van der Waals surface area contributed by atoms with Gasteiger partial charge in [0, 0.05) is 12.6 Å². The maximum absolute atomic E-state index is 2.58. The normalized spacial score (nSPS) is 28.1. The number of rotatable bonds is 2. The van der Waals surface area contributed by atoms with Gasteiger partial charge in [-0.25, -0.2) is 0 Å². The van der Waals surface area contributed by atoms with Crippen molar-refractivity contribution in [2.45, 2.75) is 32.9 Å². The zero-order chi connectivity index (χ0) is 9.97. The van der Waals surface area contributed by atoms with Crippen LogP contribution in [0.3, 0.4) is 0 Å². The maximum Gasteiger partial charge on any atom is 0.0236 e. The monoisotopic (exact) mass is 189 g/mol. The highest BCUT2D eigenvalue weighted by Gasteiger charge is 2.26. The van der Waals surface area contributed by atoms with Crippen LogP contribution in [0.15, 0.2) is 30.3 Å². The minimum atomic E-state index is 0.746. The van der Waals surface area contributed by atoms with E-state index < -0.39 is 0 Å². The first-order valence-corrected chi connectivity index (χ1v) is 5.55. The molecule has 2 rings (SSSR count). The second-order valence-corrected chi connectivity index (χ2v) is 4.46. The zero-order valence-corrected chi connectivity index (χ0v) is 9.11. The summed E-state index contributed by atoms with van der Waals surface area (Å²) in [6, 6.07) is 11.5. The average Bonchev–Trinajstić information content (AvgIpc) is 2.52. The molecule has 0 spiro atoms. The molecule has 0 N–H and O–H groups in total. The van der Waals surface area contributed by atoms with Gasteiger partial charge in [0.15, 0.2) is 0 Å². The van der Waals surface area contributed by atoms with Gasteiger partial charge in [-0.1, -0.05) is 37.3 Å². The first kappa shape index (κ1) is 9.72. The molecule has 76 valence electrons. The van der Waals surface area contributed by atoms with Crippen molar-refractivity contribution in [1.29, 1.82) is 0 Å². The Labute approximate surface area is 86.7 Å². The van der Waals surface area contributed by atoms with Crippen molar-refractivity contribution in [3.05, 3.63) is 35.9 Å². The highest BCUT2D eigenvalue weighted by atomic mass is 15.2. The Morgan fingerprint density at radius 2 is 1.93 bits per heavy atom. The van der Waals surface area contributed by atoms with Crippen LogP contribution in [0.1, 0.15) is 25.8 Å². The smallest absolute Gasteiger partial charge is 0.0236 e. The van der Waals surface area contributed by atoms with Crippen molar-refractivity contribution in [2.75, 3.05) is 6.54 Å². The van der Waals surface area contributed by atoms with E-state index in [0.29, 0.717) is 0 Å². The molecule has 1 aliphatic heterocycles. The molecule has 0 bridgehead atoms. The molecule has 1 aliphatic rings. The van der Waals surface area contributed by atoms with E-state index in [1.807, 2.05) is 0 Å². The molecule has 1 nitrogen and oxygen atoms in total. The van der Waals surface area contributed by atoms with Crippen LogP contribution in [0.4, 0.5) is 0 Å². The second-order valence-electron chi connectivity index (χ2n) is 4.46. The van der Waals surface area contributed by atoms with Crippen molar-refractivity contribution in [3.63, 3.8) is 0 Å². The van der Waals surface area contributed by atoms with Gasteiger partial charge in [-0.2, -0.15) is 0 Å². The quantitative estimate of drug-likeness (QED) is 0.691. The summed E-state index contributed by atoms with van der Waals surface area (Å²) in [5, 5.41) is 0. The lowest BCUT2D eigenvalue weighted by Gasteiger charge is -2.22. The summed E-state index contributed by atoms with van der Waals surface area (Å²) in [4.78, 5) is 2.58. The van der Waals surface area contributed by atoms with Crippen LogP contribution in [0.5, 0.6) is 0 Å². The second kappa shape index (κ2) is 4.14. The van der Waals surface area contributed by atoms with Crippen LogP contribution in [0, 0.1) is 5.92 Å². The van der Waals surface area contributed by atoms with E-state index in [2.05, 4.69) is 49.1 Å². The molecule has 0 aromatic heterocycles. The summed E-state index contributed by atoms with van der Waals surface area (Å²) in [6.07, 6.45) is 1.36. The Morgan fingerprint density at radius 1 is 1.21 bits per heavy atom. The van der Waals surface area contributed by atoms with E-state index in [1.165, 1.54) is 18.5 Å². The minimum absolute atomic E-state index is 0.746. The molecular formula is C13H19N. The van der Waals surface area contributed by atoms with Gasteiger partial charge in [0.2, 0.25) is 0 Å². The van der Waals surface area contributed by atoms with Crippen molar-refractivity contribution < 1.29 is 0 Å². The molecule has 0 saturated carbocycles. The Bertz CT molecular complexity index is 281. The van der Waals surface area contributed by atoms with E-state index in [-0.39, 0.29) is 0 Å². The van der Waals surface area contributed by atoms with Gasteiger partial charge in [0.05, 0.1) is 0 Å². The Morgan fingerprint density at radius 3 is 2.50 bits per heavy atom. The molecule has 1 saturated heterocycles. The fraction of sp³-hybridized carbons (Fsp3) is 0.538. The van der Waals surface area contributed by atoms with Crippen LogP contribution in [0.25, 0.3) is 0 Å². The van der Waals surface area contributed by atoms with Crippen LogP contribution < -0.4 is 0 Å². The van der Waals surface area contributed by atoms with Gasteiger partial charge in [-0.05, 0) is 31.4 Å². The van der Waals surface area contributed by atoms with Crippen LogP contribution >= 0.6 is 0 Å². The third-order valence-electron chi connectivity index (χ3n) is 3.50. The average molecular weight is 189 g/mol. The van der Waals surface area contributed by atoms with E-state index in [4.69, 9.17) is 0 Å². The number of hydrogen-bond donors (Lipinski definition) is 0. The van der Waals surface area contributed by atoms with Crippen LogP contribution in [0.2, 0.25) is 0 Å². The number of benzene rings is 1. The summed E-state index contributed by atoms with van der Waals surface area (Å²) in [6.45, 7) is 7.08. The van der Waals surface area contributed by atoms with Gasteiger partial charge < -0.3 is 0 Å². The van der Waals surface area contributed by atoms with Gasteiger partial charge in [-0.3, -0.25) is 4.90 Å². The molecule has 14 heavy (non-hydrogen) atoms. The third kappa shape index (κ3) is 1.98. The van der Waals surface area contributed by atoms with Crippen LogP contribution in [-0.2, 0) is 6.54 Å². The first-order valence-electron chi connectivity index (χ1n) is 5.55. The Kier molecular flexibility index (Phi) is 2.87. The zero-order valence-electron chi connectivity index (χ0n) is 9.11. The molecule has 0 amide bonds. The fourth-order valence-corrected chi connectivity index (χ4v) is 2.22. The van der Waals surface area contributed by atoms with E-state index in [0.717, 1.165) is 18.5 Å². The topological polar surface area (TPSA) is 3.24 Å². The largest absolute Gasteiger partial charge is 0.296 e. The van der Waals surface area contributed by atoms with Crippen molar-refractivity contribution in [3.8, 4) is 0 Å². The summed E-state index contributed by atoms with van der Waals surface area (Å²) in [5.41, 5.74) is 1.44. The minimum Gasteiger partial charge on any atom is -0.296 e. The molecule has 1 aromatic rings. The molecule has 1 heterocycles. The van der Waals surface area contributed by atoms with Crippen molar-refractivity contribution >= 4 is 0 Å². The molecule has 1 fully saturated rings. The predicted octanol–water partition coefficient (Wildman–Crippen LogP) is 2.92. The van der Waals surface area contributed by atoms with Gasteiger partial charge >= 0.3 is 0 Å². The maximum atomic E-state index is 2.58. The van der Waals surface area contributed by atoms with Crippen molar-refractivity contribution in [2.24, 2.45) is 5.92 Å². The third-order valence-corrected chi connectivity index (χ3v) is 3.50. The van der Waals surface area contributed by atoms with Crippen LogP contribution in [-0.4, -0.2) is 17.5 Å². The van der Waals surface area contributed by atoms with E-state index in [9.17, 15) is 0 Å². The fourth-order valence-electron chi connectivity index (χ4n) is 2.22. The number of nitrogens with zero attached hydrogens (tertiary/aromatic N) is 1. The SMILES string of the molecule is C[C@@H]1CCN(Cc2ccccc2)[C@@H]1C. The van der Waals surface area contributed by atoms with E-state index >= 15 is 0 Å². The van der Waals surface area contributed by atoms with Gasteiger partial charge in [0.1, 0.15) is 0 Å². The number of hydrogen-bond acceptors (Lipinski definition) is 1. The molecule has 0 aliphatic carbocycles. The van der Waals surface area contributed by atoms with Crippen molar-refractivity contribution in [1.82, 2.24) is 4.90 Å². The molecular weight excluding hydrogens is 170 g/mol. The lowest BCUT2D eigenvalue weighted by Crippen LogP contribution is -2.28.